The van der Waals surface area contributed by atoms with Crippen molar-refractivity contribution in [3.8, 4) is 0 Å². The van der Waals surface area contributed by atoms with Gasteiger partial charge in [0.15, 0.2) is 6.10 Å². The maximum absolute atomic E-state index is 13.0. The SMILES string of the molecule is CCCCCCCCCCC[C@@H](O)CC(=O)N[C@H]1[C@@H](OC(=O)C[C@H](O)CCCCCCCCCCC)[C@H](O)[C@@H](CO)O[C@@H]1CC(=O)O. The molecule has 0 bridgehead atoms. The first-order valence-electron chi connectivity index (χ1n) is 18.6. The van der Waals surface area contributed by atoms with Gasteiger partial charge in [-0.1, -0.05) is 129 Å². The van der Waals surface area contributed by atoms with E-state index in [1.807, 2.05) is 0 Å². The molecule has 1 heterocycles. The zero-order valence-electron chi connectivity index (χ0n) is 29.3. The van der Waals surface area contributed by atoms with Crippen LogP contribution in [-0.2, 0) is 23.9 Å². The van der Waals surface area contributed by atoms with Crippen LogP contribution in [0.5, 0.6) is 0 Å². The molecule has 0 unspecified atom stereocenters. The standard InChI is InChI=1S/C36H67NO10/c1-3-5-7-9-11-13-15-17-19-21-27(39)23-31(41)37-34-29(25-32(42)43)46-30(26-38)35(45)36(34)47-33(44)24-28(40)22-20-18-16-14-12-10-8-6-4-2/h27-30,34-36,38-40,45H,3-26H2,1-2H3,(H,37,41)(H,42,43)/t27-,28-,29-,30-,34-,35-,36-/m1/s1. The number of hydrogen-bond donors (Lipinski definition) is 6. The predicted octanol–water partition coefficient (Wildman–Crippen LogP) is 5.32. The van der Waals surface area contributed by atoms with Crippen molar-refractivity contribution < 1.29 is 49.4 Å². The molecule has 11 nitrogen and oxygen atoms in total. The number of aliphatic carboxylic acids is 1. The highest BCUT2D eigenvalue weighted by atomic mass is 16.6. The Bertz CT molecular complexity index is 828. The molecule has 0 aromatic heterocycles. The third-order valence-electron chi connectivity index (χ3n) is 9.08. The van der Waals surface area contributed by atoms with E-state index in [0.29, 0.717) is 12.8 Å². The number of carboxylic acids is 1. The van der Waals surface area contributed by atoms with Gasteiger partial charge in [-0.25, -0.2) is 0 Å². The molecule has 1 aliphatic rings. The fourth-order valence-electron chi connectivity index (χ4n) is 6.28. The average Bonchev–Trinajstić information content (AvgIpc) is 3.02. The van der Waals surface area contributed by atoms with Crippen LogP contribution in [0.3, 0.4) is 0 Å². The van der Waals surface area contributed by atoms with Gasteiger partial charge in [-0.3, -0.25) is 14.4 Å². The topological polar surface area (TPSA) is 183 Å². The van der Waals surface area contributed by atoms with Crippen LogP contribution in [0.15, 0.2) is 0 Å². The molecule has 0 saturated carbocycles. The minimum absolute atomic E-state index is 0.245. The Hall–Kier alpha value is -1.79. The summed E-state index contributed by atoms with van der Waals surface area (Å²) in [4.78, 5) is 37.4. The van der Waals surface area contributed by atoms with E-state index < -0.39 is 73.5 Å². The van der Waals surface area contributed by atoms with E-state index >= 15 is 0 Å². The summed E-state index contributed by atoms with van der Waals surface area (Å²) in [6.07, 6.45) is 12.7. The van der Waals surface area contributed by atoms with Crippen molar-refractivity contribution in [2.75, 3.05) is 6.61 Å². The predicted molar refractivity (Wildman–Crippen MR) is 181 cm³/mol. The summed E-state index contributed by atoms with van der Waals surface area (Å²) in [5, 5.41) is 53.7. The van der Waals surface area contributed by atoms with Gasteiger partial charge < -0.3 is 40.3 Å². The molecule has 1 amide bonds. The first-order valence-corrected chi connectivity index (χ1v) is 18.6. The third kappa shape index (κ3) is 20.4. The van der Waals surface area contributed by atoms with Crippen molar-refractivity contribution in [2.24, 2.45) is 0 Å². The van der Waals surface area contributed by atoms with E-state index in [1.165, 1.54) is 64.2 Å². The largest absolute Gasteiger partial charge is 0.481 e. The number of aliphatic hydroxyl groups excluding tert-OH is 4. The molecule has 11 heteroatoms. The molecular weight excluding hydrogens is 606 g/mol. The fourth-order valence-corrected chi connectivity index (χ4v) is 6.28. The summed E-state index contributed by atoms with van der Waals surface area (Å²) in [7, 11) is 0. The lowest BCUT2D eigenvalue weighted by Gasteiger charge is -2.44. The number of nitrogens with one attached hydrogen (secondary N) is 1. The lowest BCUT2D eigenvalue weighted by atomic mass is 9.90. The zero-order chi connectivity index (χ0) is 34.9. The Morgan fingerprint density at radius 3 is 1.60 bits per heavy atom. The molecule has 0 spiro atoms. The Morgan fingerprint density at radius 2 is 1.15 bits per heavy atom. The molecule has 1 rings (SSSR count). The molecule has 47 heavy (non-hydrogen) atoms. The Labute approximate surface area is 283 Å². The van der Waals surface area contributed by atoms with Gasteiger partial charge in [-0.05, 0) is 12.8 Å². The number of ether oxygens (including phenoxy) is 2. The van der Waals surface area contributed by atoms with Crippen LogP contribution in [0.4, 0.5) is 0 Å². The summed E-state index contributed by atoms with van der Waals surface area (Å²) in [5.41, 5.74) is 0. The van der Waals surface area contributed by atoms with Gasteiger partial charge in [0.2, 0.25) is 5.91 Å². The molecule has 1 aliphatic heterocycles. The molecule has 6 N–H and O–H groups in total. The Kier molecular flexibility index (Phi) is 24.9. The number of aliphatic hydroxyl groups is 4. The number of amides is 1. The van der Waals surface area contributed by atoms with E-state index in [0.717, 1.165) is 51.4 Å². The summed E-state index contributed by atoms with van der Waals surface area (Å²) >= 11 is 0. The number of carbonyl (C=O) groups is 3. The highest BCUT2D eigenvalue weighted by Gasteiger charge is 2.48. The van der Waals surface area contributed by atoms with Crippen molar-refractivity contribution in [2.45, 2.75) is 204 Å². The van der Waals surface area contributed by atoms with Crippen molar-refractivity contribution in [3.63, 3.8) is 0 Å². The molecule has 0 aliphatic carbocycles. The quantitative estimate of drug-likeness (QED) is 0.0449. The van der Waals surface area contributed by atoms with E-state index in [9.17, 15) is 39.9 Å². The number of carbonyl (C=O) groups excluding carboxylic acids is 2. The normalized spacial score (nSPS) is 22.5. The third-order valence-corrected chi connectivity index (χ3v) is 9.08. The number of rotatable bonds is 29. The molecule has 0 radical (unpaired) electrons. The number of esters is 1. The van der Waals surface area contributed by atoms with Crippen molar-refractivity contribution in [1.29, 1.82) is 0 Å². The van der Waals surface area contributed by atoms with Crippen molar-refractivity contribution in [1.82, 2.24) is 5.32 Å². The maximum Gasteiger partial charge on any atom is 0.308 e. The van der Waals surface area contributed by atoms with Gasteiger partial charge in [0.25, 0.3) is 0 Å². The van der Waals surface area contributed by atoms with Gasteiger partial charge in [0.05, 0.1) is 50.2 Å². The molecule has 7 atom stereocenters. The first-order chi connectivity index (χ1) is 22.6. The van der Waals surface area contributed by atoms with Crippen molar-refractivity contribution >= 4 is 17.8 Å². The smallest absolute Gasteiger partial charge is 0.308 e. The number of hydrogen-bond acceptors (Lipinski definition) is 9. The second-order valence-electron chi connectivity index (χ2n) is 13.5. The molecule has 276 valence electrons. The summed E-state index contributed by atoms with van der Waals surface area (Å²) < 4.78 is 11.2. The number of carboxylic acid groups (broad SMARTS) is 1. The van der Waals surface area contributed by atoms with Crippen molar-refractivity contribution in [3.05, 3.63) is 0 Å². The Morgan fingerprint density at radius 1 is 0.702 bits per heavy atom. The van der Waals surface area contributed by atoms with Crippen LogP contribution >= 0.6 is 0 Å². The summed E-state index contributed by atoms with van der Waals surface area (Å²) in [6, 6.07) is -1.24. The van der Waals surface area contributed by atoms with Gasteiger partial charge >= 0.3 is 11.9 Å². The van der Waals surface area contributed by atoms with Crippen LogP contribution < -0.4 is 5.32 Å². The highest BCUT2D eigenvalue weighted by Crippen LogP contribution is 2.27. The van der Waals surface area contributed by atoms with Crippen LogP contribution in [0, 0.1) is 0 Å². The summed E-state index contributed by atoms with van der Waals surface area (Å²) in [5.74, 6) is -2.65. The van der Waals surface area contributed by atoms with E-state index in [1.54, 1.807) is 0 Å². The van der Waals surface area contributed by atoms with E-state index in [-0.39, 0.29) is 12.8 Å². The zero-order valence-corrected chi connectivity index (χ0v) is 29.3. The van der Waals surface area contributed by atoms with E-state index in [4.69, 9.17) is 9.47 Å². The lowest BCUT2D eigenvalue weighted by Crippen LogP contribution is -2.65. The van der Waals surface area contributed by atoms with Crippen LogP contribution in [-0.4, -0.2) is 92.7 Å². The van der Waals surface area contributed by atoms with Gasteiger partial charge in [-0.15, -0.1) is 0 Å². The second-order valence-corrected chi connectivity index (χ2v) is 13.5. The Balaban J connectivity index is 2.64. The second kappa shape index (κ2) is 27.1. The molecule has 0 aromatic rings. The maximum atomic E-state index is 13.0. The lowest BCUT2D eigenvalue weighted by molar-refractivity contribution is -0.213. The monoisotopic (exact) mass is 673 g/mol. The van der Waals surface area contributed by atoms with E-state index in [2.05, 4.69) is 19.2 Å². The minimum Gasteiger partial charge on any atom is -0.481 e. The van der Waals surface area contributed by atoms with Gasteiger partial charge in [0, 0.05) is 0 Å². The molecule has 1 saturated heterocycles. The number of unbranched alkanes of at least 4 members (excludes halogenated alkanes) is 16. The van der Waals surface area contributed by atoms with Gasteiger partial charge in [0.1, 0.15) is 12.2 Å². The van der Waals surface area contributed by atoms with Gasteiger partial charge in [-0.2, -0.15) is 0 Å². The summed E-state index contributed by atoms with van der Waals surface area (Å²) in [6.45, 7) is 3.72. The average molecular weight is 674 g/mol. The minimum atomic E-state index is -1.55. The highest BCUT2D eigenvalue weighted by molar-refractivity contribution is 5.77. The first kappa shape index (κ1) is 43.2. The fraction of sp³-hybridized carbons (Fsp3) is 0.917. The molecular formula is C36H67NO10. The van der Waals surface area contributed by atoms with Crippen LogP contribution in [0.25, 0.3) is 0 Å². The molecule has 1 fully saturated rings. The molecule has 0 aromatic carbocycles. The van der Waals surface area contributed by atoms with Crippen LogP contribution in [0.2, 0.25) is 0 Å². The van der Waals surface area contributed by atoms with Crippen LogP contribution in [0.1, 0.15) is 162 Å².